The molecular weight excluding hydrogens is 496 g/mol. The van der Waals surface area contributed by atoms with Gasteiger partial charge in [-0.05, 0) is 17.2 Å². The second kappa shape index (κ2) is 11.2. The van der Waals surface area contributed by atoms with Gasteiger partial charge in [-0.15, -0.1) is 24.0 Å². The van der Waals surface area contributed by atoms with Crippen LogP contribution in [0, 0.1) is 0 Å². The summed E-state index contributed by atoms with van der Waals surface area (Å²) in [5.41, 5.74) is 1.70. The van der Waals surface area contributed by atoms with E-state index in [0.29, 0.717) is 24.1 Å². The molecule has 0 unspecified atom stereocenters. The lowest BCUT2D eigenvalue weighted by atomic mass is 10.2. The summed E-state index contributed by atoms with van der Waals surface area (Å²) in [7, 11) is 1.63. The first kappa shape index (κ1) is 23.3. The number of rotatable bonds is 6. The molecule has 0 aliphatic carbocycles. The van der Waals surface area contributed by atoms with Gasteiger partial charge in [-0.2, -0.15) is 13.2 Å². The van der Waals surface area contributed by atoms with Crippen molar-refractivity contribution in [1.82, 2.24) is 15.6 Å². The van der Waals surface area contributed by atoms with Crippen molar-refractivity contribution in [3.05, 3.63) is 58.7 Å². The number of nitrogens with zero attached hydrogens (tertiary/aromatic N) is 2. The Kier molecular flexibility index (Phi) is 9.64. The molecule has 10 heteroatoms. The standard InChI is InChI=1S/C17H18ClF3N4O.HI/c1-22-16(25-10-13-4-2-3-5-14(13)18)24-9-12-6-7-15(23-8-12)26-11-17(19,20)21;/h2-8H,9-11H2,1H3,(H2,22,24,25);1H. The molecule has 0 aliphatic heterocycles. The van der Waals surface area contributed by atoms with Crippen molar-refractivity contribution in [2.24, 2.45) is 4.99 Å². The average Bonchev–Trinajstić information content (AvgIpc) is 2.62. The largest absolute Gasteiger partial charge is 0.468 e. The van der Waals surface area contributed by atoms with Crippen molar-refractivity contribution < 1.29 is 17.9 Å². The molecule has 2 aromatic rings. The van der Waals surface area contributed by atoms with Crippen LogP contribution in [-0.4, -0.2) is 30.8 Å². The van der Waals surface area contributed by atoms with Gasteiger partial charge < -0.3 is 15.4 Å². The zero-order valence-electron chi connectivity index (χ0n) is 14.4. The van der Waals surface area contributed by atoms with Crippen LogP contribution in [0.15, 0.2) is 47.6 Å². The maximum atomic E-state index is 12.1. The van der Waals surface area contributed by atoms with Crippen LogP contribution in [0.3, 0.4) is 0 Å². The number of nitrogens with one attached hydrogen (secondary N) is 2. The Morgan fingerprint density at radius 3 is 2.44 bits per heavy atom. The molecule has 0 saturated carbocycles. The molecule has 2 N–H and O–H groups in total. The van der Waals surface area contributed by atoms with Crippen LogP contribution in [0.1, 0.15) is 11.1 Å². The Bertz CT molecular complexity index is 742. The smallest absolute Gasteiger partial charge is 0.422 e. The summed E-state index contributed by atoms with van der Waals surface area (Å²) in [6.07, 6.45) is -2.94. The van der Waals surface area contributed by atoms with E-state index in [1.165, 1.54) is 12.3 Å². The summed E-state index contributed by atoms with van der Waals surface area (Å²) in [6, 6.07) is 10.5. The van der Waals surface area contributed by atoms with Crippen LogP contribution in [0.5, 0.6) is 5.88 Å². The molecule has 0 saturated heterocycles. The third-order valence-electron chi connectivity index (χ3n) is 3.27. The van der Waals surface area contributed by atoms with Crippen molar-refractivity contribution in [1.29, 1.82) is 0 Å². The van der Waals surface area contributed by atoms with Crippen molar-refractivity contribution in [3.63, 3.8) is 0 Å². The van der Waals surface area contributed by atoms with Gasteiger partial charge in [0.05, 0.1) is 0 Å². The highest BCUT2D eigenvalue weighted by atomic mass is 127. The van der Waals surface area contributed by atoms with Crippen LogP contribution < -0.4 is 15.4 Å². The maximum Gasteiger partial charge on any atom is 0.422 e. The number of benzene rings is 1. The van der Waals surface area contributed by atoms with Crippen molar-refractivity contribution in [3.8, 4) is 5.88 Å². The van der Waals surface area contributed by atoms with E-state index in [4.69, 9.17) is 11.6 Å². The Morgan fingerprint density at radius 1 is 1.15 bits per heavy atom. The molecule has 0 aliphatic rings. The van der Waals surface area contributed by atoms with Crippen LogP contribution in [0.2, 0.25) is 5.02 Å². The highest BCUT2D eigenvalue weighted by Crippen LogP contribution is 2.17. The van der Waals surface area contributed by atoms with Gasteiger partial charge in [0.1, 0.15) is 0 Å². The van der Waals surface area contributed by atoms with Crippen molar-refractivity contribution >= 4 is 41.5 Å². The minimum absolute atomic E-state index is 0. The summed E-state index contributed by atoms with van der Waals surface area (Å²) in [5.74, 6) is 0.481. The molecule has 0 bridgehead atoms. The SMILES string of the molecule is CN=C(NCc1ccc(OCC(F)(F)F)nc1)NCc1ccccc1Cl.I. The van der Waals surface area contributed by atoms with Gasteiger partial charge in [0.25, 0.3) is 0 Å². The predicted octanol–water partition coefficient (Wildman–Crippen LogP) is 4.16. The lowest BCUT2D eigenvalue weighted by Gasteiger charge is -2.13. The normalized spacial score (nSPS) is 11.5. The average molecular weight is 515 g/mol. The van der Waals surface area contributed by atoms with Gasteiger partial charge in [-0.1, -0.05) is 35.9 Å². The summed E-state index contributed by atoms with van der Waals surface area (Å²) >= 11 is 6.10. The van der Waals surface area contributed by atoms with Gasteiger partial charge in [0.2, 0.25) is 5.88 Å². The minimum atomic E-state index is -4.39. The van der Waals surface area contributed by atoms with Crippen molar-refractivity contribution in [2.75, 3.05) is 13.7 Å². The Balaban J connectivity index is 0.00000364. The molecule has 0 atom stereocenters. The number of aliphatic imine (C=N–C) groups is 1. The van der Waals surface area contributed by atoms with E-state index in [1.807, 2.05) is 24.3 Å². The Hall–Kier alpha value is -1.75. The van der Waals surface area contributed by atoms with Crippen LogP contribution >= 0.6 is 35.6 Å². The van der Waals surface area contributed by atoms with E-state index in [2.05, 4.69) is 25.3 Å². The lowest BCUT2D eigenvalue weighted by Crippen LogP contribution is -2.36. The predicted molar refractivity (Wildman–Crippen MR) is 110 cm³/mol. The Labute approximate surface area is 177 Å². The molecule has 0 radical (unpaired) electrons. The van der Waals surface area contributed by atoms with Gasteiger partial charge >= 0.3 is 6.18 Å². The topological polar surface area (TPSA) is 58.5 Å². The van der Waals surface area contributed by atoms with Crippen LogP contribution in [-0.2, 0) is 13.1 Å². The number of pyridine rings is 1. The van der Waals surface area contributed by atoms with E-state index in [1.54, 1.807) is 13.1 Å². The first-order valence-electron chi connectivity index (χ1n) is 7.70. The zero-order chi connectivity index (χ0) is 19.0. The summed E-state index contributed by atoms with van der Waals surface area (Å²) in [6.45, 7) is -0.466. The minimum Gasteiger partial charge on any atom is -0.468 e. The zero-order valence-corrected chi connectivity index (χ0v) is 17.5. The molecule has 148 valence electrons. The second-order valence-corrected chi connectivity index (χ2v) is 5.69. The number of halogens is 5. The van der Waals surface area contributed by atoms with E-state index in [9.17, 15) is 13.2 Å². The number of guanidine groups is 1. The number of hydrogen-bond donors (Lipinski definition) is 2. The quantitative estimate of drug-likeness (QED) is 0.345. The van der Waals surface area contributed by atoms with Crippen molar-refractivity contribution in [2.45, 2.75) is 19.3 Å². The van der Waals surface area contributed by atoms with E-state index < -0.39 is 12.8 Å². The van der Waals surface area contributed by atoms with Gasteiger partial charge in [-0.25, -0.2) is 4.98 Å². The molecule has 2 rings (SSSR count). The van der Waals surface area contributed by atoms with E-state index in [-0.39, 0.29) is 29.9 Å². The monoisotopic (exact) mass is 514 g/mol. The molecule has 5 nitrogen and oxygen atoms in total. The third-order valence-corrected chi connectivity index (χ3v) is 3.64. The second-order valence-electron chi connectivity index (χ2n) is 5.28. The molecule has 27 heavy (non-hydrogen) atoms. The molecule has 0 fully saturated rings. The van der Waals surface area contributed by atoms with E-state index >= 15 is 0 Å². The molecule has 0 amide bonds. The molecule has 0 spiro atoms. The number of alkyl halides is 3. The van der Waals surface area contributed by atoms with E-state index in [0.717, 1.165) is 11.1 Å². The number of hydrogen-bond acceptors (Lipinski definition) is 3. The fourth-order valence-electron chi connectivity index (χ4n) is 1.98. The maximum absolute atomic E-state index is 12.1. The third kappa shape index (κ3) is 8.65. The van der Waals surface area contributed by atoms with Gasteiger partial charge in [-0.3, -0.25) is 4.99 Å². The fraction of sp³-hybridized carbons (Fsp3) is 0.294. The fourth-order valence-corrected chi connectivity index (χ4v) is 2.19. The highest BCUT2D eigenvalue weighted by Gasteiger charge is 2.28. The van der Waals surface area contributed by atoms with Crippen LogP contribution in [0.4, 0.5) is 13.2 Å². The molecular formula is C17H19ClF3IN4O. The summed E-state index contributed by atoms with van der Waals surface area (Å²) < 4.78 is 40.9. The molecule has 1 aromatic heterocycles. The highest BCUT2D eigenvalue weighted by molar-refractivity contribution is 14.0. The summed E-state index contributed by atoms with van der Waals surface area (Å²) in [4.78, 5) is 7.95. The number of aromatic nitrogens is 1. The first-order chi connectivity index (χ1) is 12.4. The number of ether oxygens (including phenoxy) is 1. The molecule has 1 heterocycles. The molecule has 1 aromatic carbocycles. The first-order valence-corrected chi connectivity index (χ1v) is 8.07. The van der Waals surface area contributed by atoms with Crippen LogP contribution in [0.25, 0.3) is 0 Å². The Morgan fingerprint density at radius 2 is 1.85 bits per heavy atom. The lowest BCUT2D eigenvalue weighted by molar-refractivity contribution is -0.154. The summed E-state index contributed by atoms with van der Waals surface area (Å²) in [5, 5.41) is 6.88. The van der Waals surface area contributed by atoms with Gasteiger partial charge in [0.15, 0.2) is 12.6 Å². The van der Waals surface area contributed by atoms with Gasteiger partial charge in [0, 0.05) is 37.4 Å².